The standard InChI is InChI=1S/C16H17Cl2N5O/c1-10-20-13(18)8-15(21-10)23-6-4-11(5-7-23)16(24)22-14-3-2-12(17)9-19-14/h2-3,8-9,11H,4-7H2,1H3,(H,19,22,24). The van der Waals surface area contributed by atoms with Crippen molar-refractivity contribution >= 4 is 40.7 Å². The van der Waals surface area contributed by atoms with E-state index in [1.54, 1.807) is 18.2 Å². The van der Waals surface area contributed by atoms with Crippen LogP contribution in [-0.2, 0) is 4.79 Å². The average molecular weight is 366 g/mol. The van der Waals surface area contributed by atoms with Crippen LogP contribution < -0.4 is 10.2 Å². The number of nitrogens with zero attached hydrogens (tertiary/aromatic N) is 4. The molecule has 1 aliphatic rings. The molecule has 1 amide bonds. The minimum atomic E-state index is -0.0443. The van der Waals surface area contributed by atoms with E-state index >= 15 is 0 Å². The molecule has 24 heavy (non-hydrogen) atoms. The molecule has 2 aromatic heterocycles. The summed E-state index contributed by atoms with van der Waals surface area (Å²) in [6, 6.07) is 5.15. The molecule has 3 heterocycles. The third-order valence-corrected chi connectivity index (χ3v) is 4.38. The zero-order valence-corrected chi connectivity index (χ0v) is 14.7. The molecule has 0 aliphatic carbocycles. The monoisotopic (exact) mass is 365 g/mol. The predicted octanol–water partition coefficient (Wildman–Crippen LogP) is 3.34. The lowest BCUT2D eigenvalue weighted by Gasteiger charge is -2.32. The maximum atomic E-state index is 12.4. The number of pyridine rings is 1. The molecule has 1 saturated heterocycles. The SMILES string of the molecule is Cc1nc(Cl)cc(N2CCC(C(=O)Nc3ccc(Cl)cn3)CC2)n1. The van der Waals surface area contributed by atoms with E-state index in [1.807, 2.05) is 6.92 Å². The second-order valence-electron chi connectivity index (χ2n) is 5.71. The number of aryl methyl sites for hydroxylation is 1. The summed E-state index contributed by atoms with van der Waals surface area (Å²) in [6.07, 6.45) is 3.02. The molecule has 1 fully saturated rings. The molecule has 0 radical (unpaired) electrons. The number of hydrogen-bond donors (Lipinski definition) is 1. The summed E-state index contributed by atoms with van der Waals surface area (Å²) in [5.41, 5.74) is 0. The first-order chi connectivity index (χ1) is 11.5. The van der Waals surface area contributed by atoms with Gasteiger partial charge in [0.2, 0.25) is 5.91 Å². The maximum absolute atomic E-state index is 12.4. The third-order valence-electron chi connectivity index (χ3n) is 3.96. The summed E-state index contributed by atoms with van der Waals surface area (Å²) >= 11 is 11.8. The first-order valence-corrected chi connectivity index (χ1v) is 8.45. The van der Waals surface area contributed by atoms with Gasteiger partial charge in [-0.25, -0.2) is 15.0 Å². The Kier molecular flexibility index (Phi) is 5.16. The molecule has 0 spiro atoms. The van der Waals surface area contributed by atoms with Crippen molar-refractivity contribution in [3.8, 4) is 0 Å². The van der Waals surface area contributed by atoms with Gasteiger partial charge in [0.15, 0.2) is 0 Å². The van der Waals surface area contributed by atoms with Gasteiger partial charge in [0.1, 0.15) is 22.6 Å². The van der Waals surface area contributed by atoms with Crippen LogP contribution in [0.15, 0.2) is 24.4 Å². The number of anilines is 2. The highest BCUT2D eigenvalue weighted by Gasteiger charge is 2.26. The van der Waals surface area contributed by atoms with Crippen molar-refractivity contribution < 1.29 is 4.79 Å². The van der Waals surface area contributed by atoms with Crippen LogP contribution in [0.5, 0.6) is 0 Å². The van der Waals surface area contributed by atoms with E-state index in [0.717, 1.165) is 31.7 Å². The highest BCUT2D eigenvalue weighted by atomic mass is 35.5. The number of carbonyl (C=O) groups excluding carboxylic acids is 1. The van der Waals surface area contributed by atoms with Crippen molar-refractivity contribution in [2.45, 2.75) is 19.8 Å². The van der Waals surface area contributed by atoms with E-state index in [0.29, 0.717) is 21.8 Å². The molecule has 1 aliphatic heterocycles. The van der Waals surface area contributed by atoms with Gasteiger partial charge in [0.05, 0.1) is 5.02 Å². The smallest absolute Gasteiger partial charge is 0.228 e. The van der Waals surface area contributed by atoms with E-state index in [-0.39, 0.29) is 11.8 Å². The van der Waals surface area contributed by atoms with Crippen LogP contribution in [0.1, 0.15) is 18.7 Å². The Hall–Kier alpha value is -1.92. The molecule has 0 bridgehead atoms. The third kappa shape index (κ3) is 4.13. The fourth-order valence-electron chi connectivity index (χ4n) is 2.73. The number of aromatic nitrogens is 3. The van der Waals surface area contributed by atoms with Gasteiger partial charge in [0.25, 0.3) is 0 Å². The molecule has 3 rings (SSSR count). The van der Waals surface area contributed by atoms with Gasteiger partial charge in [-0.15, -0.1) is 0 Å². The first-order valence-electron chi connectivity index (χ1n) is 7.70. The van der Waals surface area contributed by atoms with E-state index in [9.17, 15) is 4.79 Å². The number of hydrogen-bond acceptors (Lipinski definition) is 5. The lowest BCUT2D eigenvalue weighted by atomic mass is 9.96. The summed E-state index contributed by atoms with van der Waals surface area (Å²) in [5, 5.41) is 3.82. The molecular formula is C16H17Cl2N5O. The summed E-state index contributed by atoms with van der Waals surface area (Å²) in [5.74, 6) is 1.92. The lowest BCUT2D eigenvalue weighted by Crippen LogP contribution is -2.38. The molecule has 6 nitrogen and oxygen atoms in total. The second-order valence-corrected chi connectivity index (χ2v) is 6.53. The molecule has 0 atom stereocenters. The average Bonchev–Trinajstić information content (AvgIpc) is 2.56. The first kappa shape index (κ1) is 16.9. The molecule has 0 saturated carbocycles. The van der Waals surface area contributed by atoms with E-state index in [1.165, 1.54) is 6.20 Å². The van der Waals surface area contributed by atoms with Crippen LogP contribution in [0.25, 0.3) is 0 Å². The minimum Gasteiger partial charge on any atom is -0.356 e. The highest BCUT2D eigenvalue weighted by Crippen LogP contribution is 2.24. The predicted molar refractivity (Wildman–Crippen MR) is 94.6 cm³/mol. The normalized spacial score (nSPS) is 15.4. The number of nitrogens with one attached hydrogen (secondary N) is 1. The molecule has 1 N–H and O–H groups in total. The molecule has 126 valence electrons. The van der Waals surface area contributed by atoms with Crippen molar-refractivity contribution in [2.75, 3.05) is 23.3 Å². The number of carbonyl (C=O) groups is 1. The Bertz CT molecular complexity index is 709. The number of piperidine rings is 1. The Morgan fingerprint density at radius 2 is 2.00 bits per heavy atom. The number of halogens is 2. The van der Waals surface area contributed by atoms with Crippen LogP contribution >= 0.6 is 23.2 Å². The Morgan fingerprint density at radius 3 is 2.62 bits per heavy atom. The fraction of sp³-hybridized carbons (Fsp3) is 0.375. The molecular weight excluding hydrogens is 349 g/mol. The van der Waals surface area contributed by atoms with Gasteiger partial charge in [-0.3, -0.25) is 4.79 Å². The van der Waals surface area contributed by atoms with Crippen molar-refractivity contribution in [3.63, 3.8) is 0 Å². The molecule has 0 unspecified atom stereocenters. The van der Waals surface area contributed by atoms with Crippen LogP contribution in [0.2, 0.25) is 10.2 Å². The van der Waals surface area contributed by atoms with Gasteiger partial charge >= 0.3 is 0 Å². The molecule has 8 heteroatoms. The largest absolute Gasteiger partial charge is 0.356 e. The quantitative estimate of drug-likeness (QED) is 0.844. The van der Waals surface area contributed by atoms with E-state index < -0.39 is 0 Å². The Labute approximate surface area is 150 Å². The van der Waals surface area contributed by atoms with Gasteiger partial charge < -0.3 is 10.2 Å². The lowest BCUT2D eigenvalue weighted by molar-refractivity contribution is -0.120. The fourth-order valence-corrected chi connectivity index (χ4v) is 3.06. The van der Waals surface area contributed by atoms with E-state index in [2.05, 4.69) is 25.2 Å². The summed E-state index contributed by atoms with van der Waals surface area (Å²) in [6.45, 7) is 3.31. The topological polar surface area (TPSA) is 71.0 Å². The van der Waals surface area contributed by atoms with Crippen LogP contribution in [0.3, 0.4) is 0 Å². The number of amides is 1. The Morgan fingerprint density at radius 1 is 1.25 bits per heavy atom. The second kappa shape index (κ2) is 7.32. The zero-order valence-electron chi connectivity index (χ0n) is 13.2. The number of rotatable bonds is 3. The Balaban J connectivity index is 1.58. The van der Waals surface area contributed by atoms with Crippen LogP contribution in [-0.4, -0.2) is 33.9 Å². The zero-order chi connectivity index (χ0) is 17.1. The van der Waals surface area contributed by atoms with Crippen molar-refractivity contribution in [3.05, 3.63) is 40.4 Å². The van der Waals surface area contributed by atoms with Gasteiger partial charge in [-0.2, -0.15) is 0 Å². The van der Waals surface area contributed by atoms with Gasteiger partial charge in [0, 0.05) is 31.3 Å². The van der Waals surface area contributed by atoms with Crippen molar-refractivity contribution in [1.82, 2.24) is 15.0 Å². The molecule has 0 aromatic carbocycles. The summed E-state index contributed by atoms with van der Waals surface area (Å²) < 4.78 is 0. The van der Waals surface area contributed by atoms with Crippen LogP contribution in [0.4, 0.5) is 11.6 Å². The highest BCUT2D eigenvalue weighted by molar-refractivity contribution is 6.30. The van der Waals surface area contributed by atoms with Crippen LogP contribution in [0, 0.1) is 12.8 Å². The maximum Gasteiger partial charge on any atom is 0.228 e. The van der Waals surface area contributed by atoms with Gasteiger partial charge in [-0.1, -0.05) is 23.2 Å². The van der Waals surface area contributed by atoms with Crippen molar-refractivity contribution in [2.24, 2.45) is 5.92 Å². The van der Waals surface area contributed by atoms with Gasteiger partial charge in [-0.05, 0) is 31.9 Å². The van der Waals surface area contributed by atoms with Crippen molar-refractivity contribution in [1.29, 1.82) is 0 Å². The summed E-state index contributed by atoms with van der Waals surface area (Å²) in [4.78, 5) is 27.1. The summed E-state index contributed by atoms with van der Waals surface area (Å²) in [7, 11) is 0. The molecule has 2 aromatic rings. The van der Waals surface area contributed by atoms with E-state index in [4.69, 9.17) is 23.2 Å². The minimum absolute atomic E-state index is 0.0126.